The molecule has 0 unspecified atom stereocenters. The Hall–Kier alpha value is -1.90. The second-order valence-corrected chi connectivity index (χ2v) is 4.40. The van der Waals surface area contributed by atoms with Crippen molar-refractivity contribution in [1.82, 2.24) is 9.78 Å². The van der Waals surface area contributed by atoms with Crippen molar-refractivity contribution in [2.45, 2.75) is 27.7 Å². The van der Waals surface area contributed by atoms with Gasteiger partial charge in [0.25, 0.3) is 0 Å². The van der Waals surface area contributed by atoms with E-state index in [1.807, 2.05) is 17.7 Å². The van der Waals surface area contributed by atoms with E-state index in [2.05, 4.69) is 31.1 Å². The predicted octanol–water partition coefficient (Wildman–Crippen LogP) is 3.00. The highest BCUT2D eigenvalue weighted by atomic mass is 16.1. The molecule has 0 radical (unpaired) electrons. The predicted molar refractivity (Wildman–Crippen MR) is 67.8 cm³/mol. The Morgan fingerprint density at radius 2 is 1.94 bits per heavy atom. The average Bonchev–Trinajstić information content (AvgIpc) is 2.60. The molecule has 0 N–H and O–H groups in total. The molecule has 17 heavy (non-hydrogen) atoms. The van der Waals surface area contributed by atoms with Gasteiger partial charge in [-0.05, 0) is 39.3 Å². The molecule has 0 fully saturated rings. The van der Waals surface area contributed by atoms with E-state index in [1.165, 1.54) is 5.56 Å². The number of nitrogens with zero attached hydrogens (tertiary/aromatic N) is 2. The number of Topliss-reactive ketones (excluding diaryl/α,β-unsaturated/α-hetero) is 1. The second-order valence-electron chi connectivity index (χ2n) is 4.40. The van der Waals surface area contributed by atoms with Crippen LogP contribution in [0.2, 0.25) is 0 Å². The van der Waals surface area contributed by atoms with Crippen molar-refractivity contribution < 1.29 is 4.79 Å². The van der Waals surface area contributed by atoms with E-state index in [4.69, 9.17) is 0 Å². The molecule has 0 aliphatic rings. The third-order valence-electron chi connectivity index (χ3n) is 2.97. The maximum absolute atomic E-state index is 11.4. The van der Waals surface area contributed by atoms with Crippen molar-refractivity contribution in [3.05, 3.63) is 46.8 Å². The minimum atomic E-state index is 0.0542. The van der Waals surface area contributed by atoms with Crippen molar-refractivity contribution in [1.29, 1.82) is 0 Å². The summed E-state index contributed by atoms with van der Waals surface area (Å²) in [6.07, 6.45) is 1.64. The molecule has 1 aromatic heterocycles. The minimum absolute atomic E-state index is 0.0542. The van der Waals surface area contributed by atoms with Crippen LogP contribution in [0.1, 0.15) is 34.1 Å². The molecule has 0 saturated carbocycles. The molecule has 3 heteroatoms. The van der Waals surface area contributed by atoms with Crippen LogP contribution in [0.3, 0.4) is 0 Å². The smallest absolute Gasteiger partial charge is 0.163 e. The summed E-state index contributed by atoms with van der Waals surface area (Å²) in [6, 6.07) is 6.20. The van der Waals surface area contributed by atoms with Crippen molar-refractivity contribution in [2.24, 2.45) is 0 Å². The Kier molecular flexibility index (Phi) is 2.84. The molecule has 88 valence electrons. The van der Waals surface area contributed by atoms with E-state index < -0.39 is 0 Å². The van der Waals surface area contributed by atoms with Crippen molar-refractivity contribution in [2.75, 3.05) is 0 Å². The quantitative estimate of drug-likeness (QED) is 0.740. The van der Waals surface area contributed by atoms with Crippen LogP contribution >= 0.6 is 0 Å². The normalized spacial score (nSPS) is 10.6. The van der Waals surface area contributed by atoms with Gasteiger partial charge < -0.3 is 0 Å². The highest BCUT2D eigenvalue weighted by Gasteiger charge is 2.12. The Balaban J connectivity index is 2.57. The number of carbonyl (C=O) groups is 1. The standard InChI is InChI=1S/C14H16N2O/c1-9-5-6-14(10(2)7-9)16-11(3)13(8-15-16)12(4)17/h5-8H,1-4H3. The number of hydrogen-bond donors (Lipinski definition) is 0. The van der Waals surface area contributed by atoms with Gasteiger partial charge in [-0.1, -0.05) is 17.7 Å². The SMILES string of the molecule is CC(=O)c1cnn(-c2ccc(C)cc2C)c1C. The van der Waals surface area contributed by atoms with Crippen LogP contribution in [0.25, 0.3) is 5.69 Å². The molecule has 0 saturated heterocycles. The first-order valence-corrected chi connectivity index (χ1v) is 5.64. The molecule has 0 amide bonds. The van der Waals surface area contributed by atoms with Crippen LogP contribution < -0.4 is 0 Å². The van der Waals surface area contributed by atoms with Gasteiger partial charge in [0.05, 0.1) is 23.1 Å². The molecule has 0 spiro atoms. The summed E-state index contributed by atoms with van der Waals surface area (Å²) in [5.41, 5.74) is 4.99. The van der Waals surface area contributed by atoms with Crippen LogP contribution in [0.4, 0.5) is 0 Å². The number of benzene rings is 1. The van der Waals surface area contributed by atoms with Crippen molar-refractivity contribution >= 4 is 5.78 Å². The van der Waals surface area contributed by atoms with Crippen LogP contribution in [-0.4, -0.2) is 15.6 Å². The average molecular weight is 228 g/mol. The molecule has 0 aliphatic carbocycles. The first-order valence-electron chi connectivity index (χ1n) is 5.64. The van der Waals surface area contributed by atoms with Gasteiger partial charge in [-0.25, -0.2) is 4.68 Å². The molecule has 3 nitrogen and oxygen atoms in total. The highest BCUT2D eigenvalue weighted by Crippen LogP contribution is 2.19. The number of hydrogen-bond acceptors (Lipinski definition) is 2. The molecular weight excluding hydrogens is 212 g/mol. The van der Waals surface area contributed by atoms with E-state index in [9.17, 15) is 4.79 Å². The molecule has 2 rings (SSSR count). The zero-order chi connectivity index (χ0) is 12.6. The van der Waals surface area contributed by atoms with E-state index in [0.717, 1.165) is 16.9 Å². The number of rotatable bonds is 2. The van der Waals surface area contributed by atoms with E-state index in [1.54, 1.807) is 13.1 Å². The summed E-state index contributed by atoms with van der Waals surface area (Å²) in [4.78, 5) is 11.4. The summed E-state index contributed by atoms with van der Waals surface area (Å²) in [5.74, 6) is 0.0542. The van der Waals surface area contributed by atoms with Crippen LogP contribution in [0, 0.1) is 20.8 Å². The fraction of sp³-hybridized carbons (Fsp3) is 0.286. The Morgan fingerprint density at radius 1 is 1.24 bits per heavy atom. The van der Waals surface area contributed by atoms with Gasteiger partial charge in [0.2, 0.25) is 0 Å². The number of carbonyl (C=O) groups excluding carboxylic acids is 1. The Bertz CT molecular complexity index is 582. The molecular formula is C14H16N2O. The zero-order valence-electron chi connectivity index (χ0n) is 10.6. The fourth-order valence-corrected chi connectivity index (χ4v) is 2.04. The summed E-state index contributed by atoms with van der Waals surface area (Å²) >= 11 is 0. The summed E-state index contributed by atoms with van der Waals surface area (Å²) < 4.78 is 1.82. The third kappa shape index (κ3) is 2.00. The number of ketones is 1. The van der Waals surface area contributed by atoms with Gasteiger partial charge in [0.1, 0.15) is 0 Å². The maximum Gasteiger partial charge on any atom is 0.163 e. The van der Waals surface area contributed by atoms with Gasteiger partial charge in [0, 0.05) is 0 Å². The topological polar surface area (TPSA) is 34.9 Å². The van der Waals surface area contributed by atoms with Gasteiger partial charge in [-0.2, -0.15) is 5.10 Å². The summed E-state index contributed by atoms with van der Waals surface area (Å²) in [6.45, 7) is 7.60. The lowest BCUT2D eigenvalue weighted by Crippen LogP contribution is -2.03. The first-order chi connectivity index (χ1) is 8.00. The Labute approximate surface area is 101 Å². The highest BCUT2D eigenvalue weighted by molar-refractivity contribution is 5.95. The number of aromatic nitrogens is 2. The molecule has 0 aliphatic heterocycles. The van der Waals surface area contributed by atoms with Gasteiger partial charge in [-0.15, -0.1) is 0 Å². The lowest BCUT2D eigenvalue weighted by Gasteiger charge is -2.09. The van der Waals surface area contributed by atoms with Gasteiger partial charge in [-0.3, -0.25) is 4.79 Å². The lowest BCUT2D eigenvalue weighted by atomic mass is 10.1. The van der Waals surface area contributed by atoms with Crippen LogP contribution in [0.15, 0.2) is 24.4 Å². The lowest BCUT2D eigenvalue weighted by molar-refractivity contribution is 0.101. The summed E-state index contributed by atoms with van der Waals surface area (Å²) in [7, 11) is 0. The monoisotopic (exact) mass is 228 g/mol. The zero-order valence-corrected chi connectivity index (χ0v) is 10.6. The van der Waals surface area contributed by atoms with Gasteiger partial charge >= 0.3 is 0 Å². The maximum atomic E-state index is 11.4. The minimum Gasteiger partial charge on any atom is -0.294 e. The molecule has 2 aromatic rings. The first kappa shape index (κ1) is 11.6. The van der Waals surface area contributed by atoms with Crippen LogP contribution in [-0.2, 0) is 0 Å². The van der Waals surface area contributed by atoms with E-state index in [-0.39, 0.29) is 5.78 Å². The van der Waals surface area contributed by atoms with Gasteiger partial charge in [0.15, 0.2) is 5.78 Å². The Morgan fingerprint density at radius 3 is 2.47 bits per heavy atom. The molecule has 1 aromatic carbocycles. The largest absolute Gasteiger partial charge is 0.294 e. The molecule has 0 atom stereocenters. The number of aryl methyl sites for hydroxylation is 2. The van der Waals surface area contributed by atoms with Crippen LogP contribution in [0.5, 0.6) is 0 Å². The van der Waals surface area contributed by atoms with Crippen molar-refractivity contribution in [3.8, 4) is 5.69 Å². The fourth-order valence-electron chi connectivity index (χ4n) is 2.04. The molecule has 1 heterocycles. The summed E-state index contributed by atoms with van der Waals surface area (Å²) in [5, 5.41) is 4.29. The second kappa shape index (κ2) is 4.17. The van der Waals surface area contributed by atoms with E-state index in [0.29, 0.717) is 5.56 Å². The van der Waals surface area contributed by atoms with Crippen molar-refractivity contribution in [3.63, 3.8) is 0 Å². The molecule has 0 bridgehead atoms. The third-order valence-corrected chi connectivity index (χ3v) is 2.97. The van der Waals surface area contributed by atoms with E-state index >= 15 is 0 Å².